The van der Waals surface area contributed by atoms with Crippen LogP contribution in [-0.4, -0.2) is 95.8 Å². The van der Waals surface area contributed by atoms with Gasteiger partial charge in [-0.1, -0.05) is 12.1 Å². The first-order chi connectivity index (χ1) is 23.3. The van der Waals surface area contributed by atoms with Gasteiger partial charge in [0.2, 0.25) is 15.7 Å². The van der Waals surface area contributed by atoms with E-state index in [1.54, 1.807) is 6.07 Å². The van der Waals surface area contributed by atoms with Crippen LogP contribution < -0.4 is 15.7 Å². The molecule has 2 unspecified atom stereocenters. The van der Waals surface area contributed by atoms with E-state index in [9.17, 15) is 13.7 Å². The lowest BCUT2D eigenvalue weighted by Gasteiger charge is -2.38. The predicted octanol–water partition coefficient (Wildman–Crippen LogP) is 2.63. The van der Waals surface area contributed by atoms with E-state index in [2.05, 4.69) is 77.3 Å². The lowest BCUT2D eigenvalue weighted by Crippen LogP contribution is -2.34. The third-order valence-corrected chi connectivity index (χ3v) is 10.2. The highest BCUT2D eigenvalue weighted by Crippen LogP contribution is 2.47. The topological polar surface area (TPSA) is 157 Å². The summed E-state index contributed by atoms with van der Waals surface area (Å²) in [5.41, 5.74) is 9.93. The molecule has 1 aromatic carbocycles. The van der Waals surface area contributed by atoms with E-state index in [0.717, 1.165) is 48.7 Å². The molecule has 1 aromatic rings. The molecule has 0 aromatic heterocycles. The Hall–Kier alpha value is -2.83. The van der Waals surface area contributed by atoms with Crippen LogP contribution in [0, 0.1) is 5.92 Å². The van der Waals surface area contributed by atoms with Crippen LogP contribution in [0.1, 0.15) is 33.3 Å². The molecule has 3 N–H and O–H groups in total. The van der Waals surface area contributed by atoms with E-state index < -0.39 is 10.0 Å². The molecule has 48 heavy (non-hydrogen) atoms. The summed E-state index contributed by atoms with van der Waals surface area (Å²) >= 11 is 0.650. The third-order valence-electron chi connectivity index (χ3n) is 8.11. The number of ether oxygens (including phenoxy) is 4. The van der Waals surface area contributed by atoms with Crippen LogP contribution in [0.15, 0.2) is 81.5 Å². The molecule has 2 aliphatic carbocycles. The van der Waals surface area contributed by atoms with Gasteiger partial charge in [-0.15, -0.1) is 0 Å². The van der Waals surface area contributed by atoms with Crippen LogP contribution in [0.25, 0.3) is 5.57 Å². The largest absolute Gasteiger partial charge is 0.691 e. The van der Waals surface area contributed by atoms with Crippen LogP contribution in [0.3, 0.4) is 0 Å². The first kappa shape index (κ1) is 38.0. The molecule has 0 spiro atoms. The zero-order chi connectivity index (χ0) is 34.5. The summed E-state index contributed by atoms with van der Waals surface area (Å²) in [5, 5.41) is 14.6. The summed E-state index contributed by atoms with van der Waals surface area (Å²) in [7, 11) is -3.95. The number of rotatable bonds is 20. The van der Waals surface area contributed by atoms with E-state index >= 15 is 0 Å². The number of hydrogen-bond acceptors (Lipinski definition) is 12. The Balaban J connectivity index is 1.67. The van der Waals surface area contributed by atoms with E-state index in [0.29, 0.717) is 41.4 Å². The monoisotopic (exact) mass is 706 g/mol. The van der Waals surface area contributed by atoms with E-state index in [4.69, 9.17) is 29.0 Å². The zero-order valence-corrected chi connectivity index (χ0v) is 29.5. The van der Waals surface area contributed by atoms with Crippen LogP contribution in [0.5, 0.6) is 0 Å². The molecular weight excluding hydrogens is 661 g/mol. The summed E-state index contributed by atoms with van der Waals surface area (Å²) in [6.45, 7) is 12.6. The van der Waals surface area contributed by atoms with Gasteiger partial charge < -0.3 is 34.8 Å². The van der Waals surface area contributed by atoms with Crippen molar-refractivity contribution in [2.45, 2.75) is 43.6 Å². The molecular formula is C33H46N4O9S2. The Labute approximate surface area is 287 Å². The van der Waals surface area contributed by atoms with Crippen molar-refractivity contribution in [3.63, 3.8) is 0 Å². The quantitative estimate of drug-likeness (QED) is 0.0511. The number of benzene rings is 1. The average molecular weight is 707 g/mol. The predicted molar refractivity (Wildman–Crippen MR) is 180 cm³/mol. The second-order valence-electron chi connectivity index (χ2n) is 10.8. The Bertz CT molecular complexity index is 1540. The minimum absolute atomic E-state index is 0.00641. The second kappa shape index (κ2) is 18.8. The zero-order valence-electron chi connectivity index (χ0n) is 27.9. The van der Waals surface area contributed by atoms with Gasteiger partial charge in [-0.2, -0.15) is 4.33 Å². The van der Waals surface area contributed by atoms with Crippen molar-refractivity contribution < 1.29 is 46.6 Å². The van der Waals surface area contributed by atoms with Gasteiger partial charge in [-0.3, -0.25) is 5.04 Å². The van der Waals surface area contributed by atoms with Crippen molar-refractivity contribution in [2.24, 2.45) is 11.7 Å². The molecule has 0 amide bonds. The first-order valence-electron chi connectivity index (χ1n) is 16.1. The van der Waals surface area contributed by atoms with Gasteiger partial charge in [0, 0.05) is 54.3 Å². The molecule has 1 heterocycles. The van der Waals surface area contributed by atoms with Crippen molar-refractivity contribution in [2.75, 3.05) is 66.1 Å². The molecule has 0 bridgehead atoms. The molecule has 15 heteroatoms. The molecule has 13 nitrogen and oxygen atoms in total. The van der Waals surface area contributed by atoms with Gasteiger partial charge >= 0.3 is 0 Å². The van der Waals surface area contributed by atoms with Crippen LogP contribution in [0.2, 0.25) is 0 Å². The lowest BCUT2D eigenvalue weighted by molar-refractivity contribution is -0.777. The summed E-state index contributed by atoms with van der Waals surface area (Å²) in [4.78, 5) is 2.64. The third kappa shape index (κ3) is 9.44. The average Bonchev–Trinajstić information content (AvgIpc) is 3.10. The van der Waals surface area contributed by atoms with Gasteiger partial charge in [-0.25, -0.2) is 17.7 Å². The van der Waals surface area contributed by atoms with Crippen LogP contribution >= 0.6 is 12.0 Å². The molecule has 264 valence electrons. The summed E-state index contributed by atoms with van der Waals surface area (Å²) < 4.78 is 58.3. The van der Waals surface area contributed by atoms with Gasteiger partial charge in [0.15, 0.2) is 0 Å². The first-order valence-corrected chi connectivity index (χ1v) is 18.3. The summed E-state index contributed by atoms with van der Waals surface area (Å²) in [6.07, 6.45) is 12.2. The molecule has 3 aliphatic rings. The number of allylic oxidation sites excluding steroid dienone is 4. The molecule has 4 rings (SSSR count). The molecule has 2 atom stereocenters. The standard InChI is InChI=1S/C33H46N4O9S2/c1-5-36(6-2)24-9-12-27-30(19-24)44-31-20-25(37(7-3)8-4)10-13-28(31)33(27)29-14-11-26(21-32(29)47-46-45-38)48(39,40)35-16-18-42-23-43-22-41-17-15-34/h9-14,19-21,27,30,35H,5-8,15-18,22-23,34H2,1-4H3. The minimum Gasteiger partial charge on any atom is -0.691 e. The lowest BCUT2D eigenvalue weighted by atomic mass is 9.78. The fraction of sp³-hybridized carbons (Fsp3) is 0.485. The molecule has 0 saturated heterocycles. The number of nitrogens with two attached hydrogens (primary N) is 1. The van der Waals surface area contributed by atoms with Gasteiger partial charge in [0.1, 0.15) is 38.5 Å². The smallest absolute Gasteiger partial charge is 0.240 e. The summed E-state index contributed by atoms with van der Waals surface area (Å²) in [5.74, 6) is 0.510. The Morgan fingerprint density at radius 1 is 1.04 bits per heavy atom. The Morgan fingerprint density at radius 2 is 1.79 bits per heavy atom. The number of fused-ring (bicyclic) bond motifs is 2. The highest BCUT2D eigenvalue weighted by atomic mass is 32.2. The number of hydrogen-bond donors (Lipinski definition) is 2. The summed E-state index contributed by atoms with van der Waals surface area (Å²) in [6, 6.07) is 4.73. The van der Waals surface area contributed by atoms with Crippen molar-refractivity contribution >= 4 is 33.4 Å². The van der Waals surface area contributed by atoms with Crippen molar-refractivity contribution in [1.82, 2.24) is 9.62 Å². The fourth-order valence-corrected chi connectivity index (χ4v) is 7.43. The van der Waals surface area contributed by atoms with Gasteiger partial charge in [-0.05, 0) is 69.2 Å². The van der Waals surface area contributed by atoms with E-state index in [1.165, 1.54) is 12.1 Å². The number of likely N-dealkylation sites (N-methyl/N-ethyl adjacent to an activating group) is 1. The highest BCUT2D eigenvalue weighted by Gasteiger charge is 2.38. The molecule has 1 aliphatic heterocycles. The maximum Gasteiger partial charge on any atom is 0.240 e. The normalized spacial score (nSPS) is 18.7. The maximum atomic E-state index is 13.3. The van der Waals surface area contributed by atoms with E-state index in [1.807, 2.05) is 6.08 Å². The minimum atomic E-state index is -3.95. The van der Waals surface area contributed by atoms with Crippen LogP contribution in [0.4, 0.5) is 0 Å². The Morgan fingerprint density at radius 3 is 2.48 bits per heavy atom. The van der Waals surface area contributed by atoms with Gasteiger partial charge in [0.05, 0.1) is 36.2 Å². The second-order valence-corrected chi connectivity index (χ2v) is 13.3. The number of nitrogens with one attached hydrogen (secondary N) is 1. The highest BCUT2D eigenvalue weighted by molar-refractivity contribution is 7.94. The molecule has 0 fully saturated rings. The Kier molecular flexibility index (Phi) is 14.9. The number of nitrogens with zero attached hydrogens (tertiary/aromatic N) is 2. The molecule has 0 saturated carbocycles. The van der Waals surface area contributed by atoms with Crippen molar-refractivity contribution in [1.29, 1.82) is 0 Å². The van der Waals surface area contributed by atoms with Crippen molar-refractivity contribution in [3.8, 4) is 0 Å². The number of sulfonamides is 1. The fourth-order valence-electron chi connectivity index (χ4n) is 5.77. The van der Waals surface area contributed by atoms with Crippen LogP contribution in [-0.2, 0) is 38.3 Å². The SMILES string of the molecule is CCN(CC)C1=CC2OC3=CC(=[N+](CC)CC)C=CC3=C(c3ccc(S(=O)(=O)NCCOCOCOCCN)cc3SOO[O-])C2C=C1. The van der Waals surface area contributed by atoms with Crippen molar-refractivity contribution in [3.05, 3.63) is 77.2 Å². The van der Waals surface area contributed by atoms with Gasteiger partial charge in [0.25, 0.3) is 0 Å². The van der Waals surface area contributed by atoms with E-state index in [-0.39, 0.29) is 43.7 Å². The maximum absolute atomic E-state index is 13.3. The molecule has 0 radical (unpaired) electrons.